The Morgan fingerprint density at radius 2 is 2.03 bits per heavy atom. The number of nitrogens with one attached hydrogen (secondary N) is 1. The topological polar surface area (TPSA) is 102 Å². The molecule has 2 heterocycles. The number of carbonyl (C=O) groups excluding carboxylic acids is 2. The van der Waals surface area contributed by atoms with Crippen molar-refractivity contribution < 1.29 is 19.2 Å². The number of anilines is 1. The van der Waals surface area contributed by atoms with Gasteiger partial charge in [0, 0.05) is 19.1 Å². The number of hydrogen-bond acceptors (Lipinski definition) is 7. The summed E-state index contributed by atoms with van der Waals surface area (Å²) < 4.78 is 15.5. The molecule has 2 fully saturated rings. The van der Waals surface area contributed by atoms with E-state index in [0.717, 1.165) is 58.2 Å². The third-order valence-corrected chi connectivity index (χ3v) is 7.15. The van der Waals surface area contributed by atoms with E-state index in [1.165, 1.54) is 0 Å². The maximum atomic E-state index is 15.5. The fraction of sp³-hybridized carbons (Fsp3) is 0.750. The van der Waals surface area contributed by atoms with E-state index in [9.17, 15) is 14.8 Å². The number of rotatable bonds is 12. The monoisotopic (exact) mass is 478 g/mol. The van der Waals surface area contributed by atoms with Gasteiger partial charge in [-0.15, -0.1) is 0 Å². The van der Waals surface area contributed by atoms with Gasteiger partial charge in [0.25, 0.3) is 0 Å². The predicted octanol–water partition coefficient (Wildman–Crippen LogP) is 2.50. The van der Waals surface area contributed by atoms with Gasteiger partial charge in [-0.1, -0.05) is 32.6 Å². The van der Waals surface area contributed by atoms with Gasteiger partial charge in [-0.3, -0.25) is 14.8 Å². The van der Waals surface area contributed by atoms with Gasteiger partial charge < -0.3 is 15.1 Å². The smallest absolute Gasteiger partial charge is 0.233 e. The second-order valence-electron chi connectivity index (χ2n) is 9.73. The molecule has 1 aromatic rings. The van der Waals surface area contributed by atoms with Crippen LogP contribution in [0.3, 0.4) is 0 Å². The molecule has 0 aromatic carbocycles. The number of aryl methyl sites for hydroxylation is 1. The highest BCUT2D eigenvalue weighted by Crippen LogP contribution is 2.31. The Hall–Kier alpha value is -2.33. The van der Waals surface area contributed by atoms with E-state index < -0.39 is 11.7 Å². The van der Waals surface area contributed by atoms with Gasteiger partial charge in [0.2, 0.25) is 12.3 Å². The number of likely N-dealkylation sites (N-methyl/N-ethyl adjacent to an activating group) is 1. The van der Waals surface area contributed by atoms with Crippen LogP contribution in [0.4, 0.5) is 10.2 Å². The number of aromatic nitrogens is 2. The zero-order chi connectivity index (χ0) is 24.7. The molecule has 9 nitrogen and oxygen atoms in total. The molecule has 0 spiro atoms. The van der Waals surface area contributed by atoms with Crippen LogP contribution >= 0.6 is 0 Å². The van der Waals surface area contributed by atoms with Crippen LogP contribution in [0.2, 0.25) is 0 Å². The first-order valence-corrected chi connectivity index (χ1v) is 12.5. The molecule has 1 aliphatic carbocycles. The van der Waals surface area contributed by atoms with Gasteiger partial charge in [-0.2, -0.15) is 0 Å². The fourth-order valence-electron chi connectivity index (χ4n) is 5.20. The zero-order valence-corrected chi connectivity index (χ0v) is 20.7. The van der Waals surface area contributed by atoms with E-state index in [1.807, 2.05) is 4.90 Å². The van der Waals surface area contributed by atoms with Crippen LogP contribution in [0.1, 0.15) is 63.4 Å². The highest BCUT2D eigenvalue weighted by Gasteiger charge is 2.31. The summed E-state index contributed by atoms with van der Waals surface area (Å²) in [5, 5.41) is 13.0. The van der Waals surface area contributed by atoms with Crippen LogP contribution in [0.15, 0.2) is 0 Å². The molecule has 3 rings (SSSR count). The number of halogens is 1. The van der Waals surface area contributed by atoms with Crippen molar-refractivity contribution in [2.45, 2.75) is 71.4 Å². The SMILES string of the molecule is CCN(C)C[C@@H]1CCCN1c1nc(C)nc(CNC(=O)[C@H](CC2CCCC2)CN(O)C=O)c1F. The summed E-state index contributed by atoms with van der Waals surface area (Å²) in [7, 11) is 2.05. The summed E-state index contributed by atoms with van der Waals surface area (Å²) in [6.45, 7) is 6.18. The predicted molar refractivity (Wildman–Crippen MR) is 127 cm³/mol. The molecular formula is C24H39FN6O3. The second-order valence-corrected chi connectivity index (χ2v) is 9.73. The maximum absolute atomic E-state index is 15.5. The largest absolute Gasteiger partial charge is 0.350 e. The standard InChI is InChI=1S/C24H39FN6O3/c1-4-29(3)15-20-10-7-11-31(20)23-22(25)21(27-17(2)28-23)13-26-24(33)19(14-30(34)16-32)12-18-8-5-6-9-18/h16,18-20,34H,4-15H2,1-3H3,(H,26,33)/t19-,20+/m1/s1. The average molecular weight is 479 g/mol. The minimum atomic E-state index is -0.559. The van der Waals surface area contributed by atoms with Gasteiger partial charge in [0.1, 0.15) is 11.5 Å². The van der Waals surface area contributed by atoms with Crippen LogP contribution in [0.25, 0.3) is 0 Å². The van der Waals surface area contributed by atoms with Gasteiger partial charge in [0.15, 0.2) is 11.6 Å². The van der Waals surface area contributed by atoms with Crippen molar-refractivity contribution in [1.82, 2.24) is 25.2 Å². The van der Waals surface area contributed by atoms with Crippen molar-refractivity contribution >= 4 is 18.1 Å². The Morgan fingerprint density at radius 3 is 2.71 bits per heavy atom. The number of hydrogen-bond donors (Lipinski definition) is 2. The minimum Gasteiger partial charge on any atom is -0.350 e. The van der Waals surface area contributed by atoms with E-state index in [1.54, 1.807) is 6.92 Å². The highest BCUT2D eigenvalue weighted by atomic mass is 19.1. The average Bonchev–Trinajstić information content (AvgIpc) is 3.50. The van der Waals surface area contributed by atoms with Gasteiger partial charge in [-0.25, -0.2) is 19.4 Å². The van der Waals surface area contributed by atoms with Crippen molar-refractivity contribution in [3.05, 3.63) is 17.3 Å². The summed E-state index contributed by atoms with van der Waals surface area (Å²) in [4.78, 5) is 36.8. The molecule has 2 amide bonds. The molecule has 2 atom stereocenters. The summed E-state index contributed by atoms with van der Waals surface area (Å²) in [6.07, 6.45) is 7.21. The lowest BCUT2D eigenvalue weighted by Crippen LogP contribution is -2.40. The zero-order valence-electron chi connectivity index (χ0n) is 20.7. The van der Waals surface area contributed by atoms with E-state index in [-0.39, 0.29) is 30.7 Å². The first-order valence-electron chi connectivity index (χ1n) is 12.5. The van der Waals surface area contributed by atoms with Crippen molar-refractivity contribution in [3.63, 3.8) is 0 Å². The first kappa shape index (κ1) is 26.3. The van der Waals surface area contributed by atoms with Gasteiger partial charge in [-0.05, 0) is 45.7 Å². The molecule has 0 radical (unpaired) electrons. The molecular weight excluding hydrogens is 439 g/mol. The lowest BCUT2D eigenvalue weighted by molar-refractivity contribution is -0.155. The van der Waals surface area contributed by atoms with Crippen LogP contribution in [0, 0.1) is 24.6 Å². The Morgan fingerprint density at radius 1 is 1.29 bits per heavy atom. The third-order valence-electron chi connectivity index (χ3n) is 7.15. The van der Waals surface area contributed by atoms with Crippen LogP contribution in [-0.2, 0) is 16.1 Å². The van der Waals surface area contributed by atoms with Crippen molar-refractivity contribution in [3.8, 4) is 0 Å². The van der Waals surface area contributed by atoms with E-state index in [0.29, 0.717) is 35.5 Å². The molecule has 0 unspecified atom stereocenters. The molecule has 1 saturated heterocycles. The molecule has 2 aliphatic rings. The summed E-state index contributed by atoms with van der Waals surface area (Å²) in [5.74, 6) is -0.214. The molecule has 0 bridgehead atoms. The number of hydroxylamine groups is 2. The number of carbonyl (C=O) groups is 2. The molecule has 1 aromatic heterocycles. The summed E-state index contributed by atoms with van der Waals surface area (Å²) in [6, 6.07) is 0.186. The number of nitrogens with zero attached hydrogens (tertiary/aromatic N) is 5. The summed E-state index contributed by atoms with van der Waals surface area (Å²) in [5.41, 5.74) is 0.154. The van der Waals surface area contributed by atoms with Crippen LogP contribution < -0.4 is 10.2 Å². The third kappa shape index (κ3) is 6.85. The molecule has 2 N–H and O–H groups in total. The Bertz CT molecular complexity index is 835. The Kier molecular flexibility index (Phi) is 9.58. The Labute approximate surface area is 201 Å². The van der Waals surface area contributed by atoms with Crippen molar-refractivity contribution in [2.75, 3.05) is 38.1 Å². The quantitative estimate of drug-likeness (QED) is 0.270. The molecule has 10 heteroatoms. The normalized spacial score (nSPS) is 19.6. The second kappa shape index (κ2) is 12.4. The van der Waals surface area contributed by atoms with E-state index in [4.69, 9.17) is 0 Å². The lowest BCUT2D eigenvalue weighted by Gasteiger charge is -2.29. The lowest BCUT2D eigenvalue weighted by atomic mass is 9.92. The van der Waals surface area contributed by atoms with Crippen molar-refractivity contribution in [2.24, 2.45) is 11.8 Å². The summed E-state index contributed by atoms with van der Waals surface area (Å²) >= 11 is 0. The molecule has 190 valence electrons. The first-order chi connectivity index (χ1) is 16.3. The minimum absolute atomic E-state index is 0.0674. The van der Waals surface area contributed by atoms with Gasteiger partial charge in [0.05, 0.1) is 19.0 Å². The molecule has 1 saturated carbocycles. The maximum Gasteiger partial charge on any atom is 0.233 e. The molecule has 34 heavy (non-hydrogen) atoms. The van der Waals surface area contributed by atoms with E-state index >= 15 is 4.39 Å². The molecule has 1 aliphatic heterocycles. The highest BCUT2D eigenvalue weighted by molar-refractivity contribution is 5.79. The van der Waals surface area contributed by atoms with Gasteiger partial charge >= 0.3 is 0 Å². The number of amides is 2. The fourth-order valence-corrected chi connectivity index (χ4v) is 5.20. The van der Waals surface area contributed by atoms with Crippen molar-refractivity contribution in [1.29, 1.82) is 0 Å². The Balaban J connectivity index is 1.71. The van der Waals surface area contributed by atoms with E-state index in [2.05, 4.69) is 34.2 Å². The van der Waals surface area contributed by atoms with Crippen LogP contribution in [-0.4, -0.2) is 76.7 Å². The van der Waals surface area contributed by atoms with Crippen LogP contribution in [0.5, 0.6) is 0 Å².